The summed E-state index contributed by atoms with van der Waals surface area (Å²) in [4.78, 5) is 4.75. The maximum Gasteiger partial charge on any atom is 0.159 e. The Morgan fingerprint density at radius 2 is 0.603 bits per heavy atom. The molecule has 15 aromatic rings. The largest absolute Gasteiger partial charge is 0.455 e. The third-order valence-electron chi connectivity index (χ3n) is 14.6. The molecule has 0 unspecified atom stereocenters. The molecule has 0 aliphatic carbocycles. The molecule has 0 bridgehead atoms. The van der Waals surface area contributed by atoms with Crippen molar-refractivity contribution in [2.75, 3.05) is 9.80 Å². The van der Waals surface area contributed by atoms with Crippen molar-refractivity contribution in [1.29, 1.82) is 0 Å². The molecule has 3 heterocycles. The number of rotatable bonds is 8. The highest BCUT2D eigenvalue weighted by Crippen LogP contribution is 2.52. The fourth-order valence-electron chi connectivity index (χ4n) is 11.5. The number of para-hydroxylation sites is 6. The first-order chi connectivity index (χ1) is 36.2. The summed E-state index contributed by atoms with van der Waals surface area (Å²) >= 11 is 0. The molecule has 73 heavy (non-hydrogen) atoms. The number of hydrogen-bond acceptors (Lipinski definition) is 5. The van der Waals surface area contributed by atoms with Gasteiger partial charge in [-0.3, -0.25) is 0 Å². The first-order valence-corrected chi connectivity index (χ1v) is 24.7. The zero-order valence-corrected chi connectivity index (χ0v) is 39.4. The van der Waals surface area contributed by atoms with Crippen molar-refractivity contribution in [3.8, 4) is 22.3 Å². The topological polar surface area (TPSA) is 45.9 Å². The van der Waals surface area contributed by atoms with Crippen LogP contribution in [0.5, 0.6) is 0 Å². The quantitative estimate of drug-likeness (QED) is 0.152. The minimum atomic E-state index is 0.791. The Balaban J connectivity index is 0.997. The van der Waals surface area contributed by atoms with Gasteiger partial charge in [-0.1, -0.05) is 200 Å². The van der Waals surface area contributed by atoms with Crippen molar-refractivity contribution in [3.63, 3.8) is 0 Å². The minimum Gasteiger partial charge on any atom is -0.455 e. The molecule has 0 atom stereocenters. The van der Waals surface area contributed by atoms with Gasteiger partial charge in [0.25, 0.3) is 0 Å². The van der Waals surface area contributed by atoms with E-state index in [0.29, 0.717) is 0 Å². The van der Waals surface area contributed by atoms with Crippen LogP contribution in [-0.2, 0) is 0 Å². The van der Waals surface area contributed by atoms with E-state index in [2.05, 4.69) is 240 Å². The summed E-state index contributed by atoms with van der Waals surface area (Å²) in [6.07, 6.45) is 0. The molecular formula is C68H42N2O3. The second kappa shape index (κ2) is 16.4. The summed E-state index contributed by atoms with van der Waals surface area (Å²) in [5.41, 5.74) is 15.3. The summed E-state index contributed by atoms with van der Waals surface area (Å²) in [7, 11) is 0. The molecule has 15 rings (SSSR count). The Labute approximate surface area is 419 Å². The van der Waals surface area contributed by atoms with Gasteiger partial charge < -0.3 is 23.1 Å². The summed E-state index contributed by atoms with van der Waals surface area (Å²) in [6, 6.07) is 90.1. The van der Waals surface area contributed by atoms with E-state index in [1.807, 2.05) is 24.3 Å². The van der Waals surface area contributed by atoms with Crippen LogP contribution in [0.3, 0.4) is 0 Å². The summed E-state index contributed by atoms with van der Waals surface area (Å²) in [5.74, 6) is 0. The normalized spacial score (nSPS) is 11.8. The van der Waals surface area contributed by atoms with E-state index < -0.39 is 0 Å². The van der Waals surface area contributed by atoms with Crippen molar-refractivity contribution in [3.05, 3.63) is 255 Å². The SMILES string of the molecule is c1ccc(-c2ccccc2N(c2cccc3c2ccc2c3oc3cc(N(c4ccccc4-c4ccccc4)c4cccc5c4oc4ccccc45)c4ccccc4c32)c2cccc3c2oc2ccccc23)cc1. The van der Waals surface area contributed by atoms with E-state index in [4.69, 9.17) is 13.3 Å². The predicted octanol–water partition coefficient (Wildman–Crippen LogP) is 20.0. The molecule has 0 saturated carbocycles. The Morgan fingerprint density at radius 3 is 1.18 bits per heavy atom. The number of benzene rings is 12. The lowest BCUT2D eigenvalue weighted by Gasteiger charge is -2.29. The van der Waals surface area contributed by atoms with Crippen LogP contribution < -0.4 is 9.80 Å². The van der Waals surface area contributed by atoms with Gasteiger partial charge in [-0.25, -0.2) is 0 Å². The number of fused-ring (bicyclic) bond motifs is 13. The van der Waals surface area contributed by atoms with Crippen molar-refractivity contribution in [2.24, 2.45) is 0 Å². The first kappa shape index (κ1) is 41.0. The lowest BCUT2D eigenvalue weighted by atomic mass is 9.97. The second-order valence-electron chi connectivity index (χ2n) is 18.7. The smallest absolute Gasteiger partial charge is 0.159 e. The molecule has 0 N–H and O–H groups in total. The van der Waals surface area contributed by atoms with Gasteiger partial charge in [0, 0.05) is 65.7 Å². The van der Waals surface area contributed by atoms with Gasteiger partial charge in [0.1, 0.15) is 22.3 Å². The lowest BCUT2D eigenvalue weighted by molar-refractivity contribution is 0.668. The van der Waals surface area contributed by atoms with E-state index in [9.17, 15) is 0 Å². The molecule has 0 radical (unpaired) electrons. The Kier molecular flexibility index (Phi) is 9.19. The summed E-state index contributed by atoms with van der Waals surface area (Å²) in [6.45, 7) is 0. The summed E-state index contributed by atoms with van der Waals surface area (Å²) in [5, 5.41) is 10.6. The number of anilines is 6. The van der Waals surface area contributed by atoms with Gasteiger partial charge >= 0.3 is 0 Å². The highest BCUT2D eigenvalue weighted by atomic mass is 16.3. The van der Waals surface area contributed by atoms with E-state index in [1.54, 1.807) is 0 Å². The van der Waals surface area contributed by atoms with Crippen LogP contribution in [0.2, 0.25) is 0 Å². The molecule has 0 aliphatic heterocycles. The lowest BCUT2D eigenvalue weighted by Crippen LogP contribution is -2.12. The summed E-state index contributed by atoms with van der Waals surface area (Å²) < 4.78 is 21.0. The van der Waals surface area contributed by atoms with Crippen molar-refractivity contribution in [1.82, 2.24) is 0 Å². The second-order valence-corrected chi connectivity index (χ2v) is 18.7. The van der Waals surface area contributed by atoms with Gasteiger partial charge in [0.15, 0.2) is 11.2 Å². The average molecular weight is 935 g/mol. The monoisotopic (exact) mass is 934 g/mol. The zero-order valence-electron chi connectivity index (χ0n) is 39.4. The van der Waals surface area contributed by atoms with Crippen LogP contribution >= 0.6 is 0 Å². The van der Waals surface area contributed by atoms with E-state index >= 15 is 0 Å². The Bertz CT molecular complexity index is 4640. The number of hydrogen-bond donors (Lipinski definition) is 0. The standard InChI is InChI=1S/C68H42N2O3/c1-3-20-43(21-4-1)45-24-9-13-33-56(45)69(59-36-18-31-53-49-27-11-15-38-62(49)71-67(53)59)58-35-17-30-52-48(58)40-41-55-65-51-29-8-7-26-47(51)61(42-64(65)73-66(52)55)70(57-34-14-10-25-46(57)44-22-5-2-6-23-44)60-37-19-32-54-50-28-12-16-39-63(50)72-68(54)60/h1-42H. The molecule has 342 valence electrons. The van der Waals surface area contributed by atoms with Crippen molar-refractivity contribution in [2.45, 2.75) is 0 Å². The van der Waals surface area contributed by atoms with Crippen LogP contribution in [-0.4, -0.2) is 0 Å². The number of nitrogens with zero attached hydrogens (tertiary/aromatic N) is 2. The number of furan rings is 3. The zero-order chi connectivity index (χ0) is 48.0. The van der Waals surface area contributed by atoms with Gasteiger partial charge in [0.2, 0.25) is 0 Å². The van der Waals surface area contributed by atoms with E-state index in [0.717, 1.165) is 144 Å². The van der Waals surface area contributed by atoms with Crippen molar-refractivity contribution < 1.29 is 13.3 Å². The van der Waals surface area contributed by atoms with E-state index in [-0.39, 0.29) is 0 Å². The molecule has 0 saturated heterocycles. The predicted molar refractivity (Wildman–Crippen MR) is 304 cm³/mol. The molecular weight excluding hydrogens is 893 g/mol. The van der Waals surface area contributed by atoms with E-state index in [1.165, 1.54) is 0 Å². The van der Waals surface area contributed by atoms with Gasteiger partial charge in [-0.05, 0) is 65.0 Å². The third kappa shape index (κ3) is 6.35. The maximum absolute atomic E-state index is 7.35. The van der Waals surface area contributed by atoms with Crippen LogP contribution in [0.25, 0.3) is 110 Å². The molecule has 3 aromatic heterocycles. The highest BCUT2D eigenvalue weighted by Gasteiger charge is 2.28. The fourth-order valence-corrected chi connectivity index (χ4v) is 11.5. The van der Waals surface area contributed by atoms with Crippen LogP contribution in [0.15, 0.2) is 268 Å². The molecule has 5 heteroatoms. The Morgan fingerprint density at radius 1 is 0.219 bits per heavy atom. The third-order valence-corrected chi connectivity index (χ3v) is 14.6. The highest BCUT2D eigenvalue weighted by molar-refractivity contribution is 6.27. The molecule has 0 aliphatic rings. The van der Waals surface area contributed by atoms with Gasteiger partial charge in [0.05, 0.1) is 34.1 Å². The minimum absolute atomic E-state index is 0.791. The molecule has 0 amide bonds. The van der Waals surface area contributed by atoms with Crippen LogP contribution in [0.4, 0.5) is 34.1 Å². The Hall–Kier alpha value is -9.84. The molecule has 0 spiro atoms. The fraction of sp³-hybridized carbons (Fsp3) is 0. The van der Waals surface area contributed by atoms with Crippen LogP contribution in [0.1, 0.15) is 0 Å². The van der Waals surface area contributed by atoms with Gasteiger partial charge in [-0.2, -0.15) is 0 Å². The van der Waals surface area contributed by atoms with Crippen molar-refractivity contribution >= 4 is 121 Å². The molecule has 5 nitrogen and oxygen atoms in total. The first-order valence-electron chi connectivity index (χ1n) is 24.7. The maximum atomic E-state index is 7.35. The molecule has 12 aromatic carbocycles. The van der Waals surface area contributed by atoms with Crippen LogP contribution in [0, 0.1) is 0 Å². The average Bonchev–Trinajstić information content (AvgIpc) is 4.17. The molecule has 0 fully saturated rings. The van der Waals surface area contributed by atoms with Gasteiger partial charge in [-0.15, -0.1) is 0 Å².